The fraction of sp³-hybridized carbons (Fsp3) is 0.261. The van der Waals surface area contributed by atoms with Crippen LogP contribution in [0.25, 0.3) is 0 Å². The minimum atomic E-state index is -4.04. The van der Waals surface area contributed by atoms with E-state index in [-0.39, 0.29) is 33.9 Å². The molecule has 2 heterocycles. The minimum absolute atomic E-state index is 0.0105. The molecule has 0 radical (unpaired) electrons. The summed E-state index contributed by atoms with van der Waals surface area (Å²) in [5.41, 5.74) is 0.586. The van der Waals surface area contributed by atoms with Gasteiger partial charge >= 0.3 is 0 Å². The molecule has 2 N–H and O–H groups in total. The first-order valence-electron chi connectivity index (χ1n) is 10.3. The molecule has 1 aliphatic rings. The van der Waals surface area contributed by atoms with Gasteiger partial charge in [-0.15, -0.1) is 0 Å². The highest BCUT2D eigenvalue weighted by Gasteiger charge is 2.23. The summed E-state index contributed by atoms with van der Waals surface area (Å²) >= 11 is 0.978. The van der Waals surface area contributed by atoms with Gasteiger partial charge in [0.1, 0.15) is 0 Å². The molecule has 0 saturated heterocycles. The number of aromatic nitrogens is 2. The van der Waals surface area contributed by atoms with Crippen LogP contribution in [0.5, 0.6) is 11.5 Å². The predicted molar refractivity (Wildman–Crippen MR) is 127 cm³/mol. The molecule has 9 nitrogen and oxygen atoms in total. The van der Waals surface area contributed by atoms with Gasteiger partial charge in [-0.1, -0.05) is 44.7 Å². The molecule has 0 spiro atoms. The first kappa shape index (κ1) is 23.8. The highest BCUT2D eigenvalue weighted by atomic mass is 32.2. The van der Waals surface area contributed by atoms with Crippen LogP contribution in [0.1, 0.15) is 26.3 Å². The second-order valence-electron chi connectivity index (χ2n) is 8.56. The number of rotatable bonds is 6. The number of aromatic amines is 1. The van der Waals surface area contributed by atoms with E-state index in [9.17, 15) is 18.0 Å². The summed E-state index contributed by atoms with van der Waals surface area (Å²) < 4.78 is 36.4. The number of hydrogen-bond donors (Lipinski definition) is 2. The van der Waals surface area contributed by atoms with Gasteiger partial charge in [-0.05, 0) is 35.2 Å². The first-order valence-corrected chi connectivity index (χ1v) is 12.8. The molecule has 4 rings (SSSR count). The van der Waals surface area contributed by atoms with Crippen molar-refractivity contribution in [3.63, 3.8) is 0 Å². The summed E-state index contributed by atoms with van der Waals surface area (Å²) in [6, 6.07) is 11.5. The lowest BCUT2D eigenvalue weighted by Gasteiger charge is -2.19. The van der Waals surface area contributed by atoms with Crippen LogP contribution in [0.15, 0.2) is 68.4 Å². The number of nitrogens with one attached hydrogen (secondary N) is 2. The number of fused-ring (bicyclic) bond motifs is 1. The number of carbonyl (C=O) groups is 1. The van der Waals surface area contributed by atoms with Crippen LogP contribution in [-0.2, 0) is 20.0 Å². The number of sulfone groups is 1. The average molecular weight is 502 g/mol. The molecule has 1 aliphatic heterocycles. The summed E-state index contributed by atoms with van der Waals surface area (Å²) in [5.74, 6) is 0.773. The number of carbonyl (C=O) groups excluding carboxylic acids is 1. The average Bonchev–Trinajstić information content (AvgIpc) is 3.25. The summed E-state index contributed by atoms with van der Waals surface area (Å²) in [5, 5.41) is 2.85. The fourth-order valence-electron chi connectivity index (χ4n) is 3.20. The van der Waals surface area contributed by atoms with Crippen molar-refractivity contribution >= 4 is 33.2 Å². The van der Waals surface area contributed by atoms with Gasteiger partial charge in [0.2, 0.25) is 22.5 Å². The Labute approximate surface area is 200 Å². The third kappa shape index (κ3) is 5.10. The van der Waals surface area contributed by atoms with Crippen molar-refractivity contribution in [3.8, 4) is 11.5 Å². The smallest absolute Gasteiger partial charge is 0.270 e. The normalized spacial score (nSPS) is 13.0. The maximum Gasteiger partial charge on any atom is 0.270 e. The Kier molecular flexibility index (Phi) is 6.41. The van der Waals surface area contributed by atoms with Crippen LogP contribution in [0.4, 0.5) is 5.69 Å². The van der Waals surface area contributed by atoms with Gasteiger partial charge < -0.3 is 19.8 Å². The van der Waals surface area contributed by atoms with Crippen LogP contribution >= 0.6 is 11.8 Å². The third-order valence-electron chi connectivity index (χ3n) is 5.06. The van der Waals surface area contributed by atoms with Crippen LogP contribution in [0.2, 0.25) is 0 Å². The van der Waals surface area contributed by atoms with Gasteiger partial charge in [0.25, 0.3) is 5.56 Å². The van der Waals surface area contributed by atoms with Crippen LogP contribution in [0, 0.1) is 0 Å². The van der Waals surface area contributed by atoms with E-state index in [4.69, 9.17) is 9.47 Å². The van der Waals surface area contributed by atoms with E-state index in [0.29, 0.717) is 17.2 Å². The highest BCUT2D eigenvalue weighted by molar-refractivity contribution is 7.99. The Hall–Kier alpha value is -3.31. The zero-order valence-electron chi connectivity index (χ0n) is 18.7. The van der Waals surface area contributed by atoms with Gasteiger partial charge in [-0.3, -0.25) is 9.59 Å². The molecular formula is C23H23N3O6S2. The molecule has 1 aromatic heterocycles. The van der Waals surface area contributed by atoms with Gasteiger partial charge in [-0.2, -0.15) is 0 Å². The Bertz CT molecular complexity index is 1390. The summed E-state index contributed by atoms with van der Waals surface area (Å²) in [4.78, 5) is 30.8. The molecule has 178 valence electrons. The molecule has 1 amide bonds. The molecule has 3 aromatic rings. The van der Waals surface area contributed by atoms with E-state index in [1.165, 1.54) is 12.1 Å². The van der Waals surface area contributed by atoms with E-state index in [0.717, 1.165) is 23.5 Å². The predicted octanol–water partition coefficient (Wildman–Crippen LogP) is 3.36. The molecule has 0 fully saturated rings. The van der Waals surface area contributed by atoms with Crippen LogP contribution < -0.4 is 20.3 Å². The monoisotopic (exact) mass is 501 g/mol. The lowest BCUT2D eigenvalue weighted by molar-refractivity contribution is -0.113. The number of benzene rings is 2. The van der Waals surface area contributed by atoms with Gasteiger partial charge in [0.05, 0.1) is 16.8 Å². The third-order valence-corrected chi connectivity index (χ3v) is 7.71. The molecule has 0 bridgehead atoms. The molecule has 0 saturated carbocycles. The summed E-state index contributed by atoms with van der Waals surface area (Å²) in [7, 11) is -4.04. The van der Waals surface area contributed by atoms with Crippen molar-refractivity contribution in [3.05, 3.63) is 64.6 Å². The number of anilines is 1. The van der Waals surface area contributed by atoms with Gasteiger partial charge in [0.15, 0.2) is 21.6 Å². The topological polar surface area (TPSA) is 127 Å². The Morgan fingerprint density at radius 3 is 2.50 bits per heavy atom. The lowest BCUT2D eigenvalue weighted by Crippen LogP contribution is -2.20. The summed E-state index contributed by atoms with van der Waals surface area (Å²) in [6.45, 7) is 6.21. The fourth-order valence-corrected chi connectivity index (χ4v) is 5.06. The minimum Gasteiger partial charge on any atom is -0.454 e. The molecule has 0 unspecified atom stereocenters. The van der Waals surface area contributed by atoms with E-state index >= 15 is 0 Å². The number of ether oxygens (including phenoxy) is 2. The quantitative estimate of drug-likeness (QED) is 0.389. The van der Waals surface area contributed by atoms with Crippen molar-refractivity contribution in [1.29, 1.82) is 0 Å². The van der Waals surface area contributed by atoms with Crippen molar-refractivity contribution < 1.29 is 22.7 Å². The van der Waals surface area contributed by atoms with Crippen molar-refractivity contribution in [2.75, 3.05) is 17.9 Å². The van der Waals surface area contributed by atoms with E-state index < -0.39 is 20.3 Å². The van der Waals surface area contributed by atoms with Gasteiger partial charge in [0, 0.05) is 11.8 Å². The maximum atomic E-state index is 12.9. The molecule has 2 aromatic carbocycles. The number of amides is 1. The van der Waals surface area contributed by atoms with Crippen molar-refractivity contribution in [1.82, 2.24) is 9.97 Å². The van der Waals surface area contributed by atoms with Crippen LogP contribution in [-0.4, -0.2) is 36.8 Å². The molecule has 11 heteroatoms. The Balaban J connectivity index is 1.42. The second kappa shape index (κ2) is 9.15. The number of thioether (sulfide) groups is 1. The molecule has 0 aliphatic carbocycles. The second-order valence-corrected chi connectivity index (χ2v) is 11.4. The summed E-state index contributed by atoms with van der Waals surface area (Å²) in [6.07, 6.45) is 1.02. The number of H-pyrrole nitrogens is 1. The highest BCUT2D eigenvalue weighted by Crippen LogP contribution is 2.34. The zero-order chi connectivity index (χ0) is 24.5. The van der Waals surface area contributed by atoms with E-state index in [1.807, 2.05) is 20.8 Å². The molecular weight excluding hydrogens is 478 g/mol. The Morgan fingerprint density at radius 2 is 1.82 bits per heavy atom. The SMILES string of the molecule is CC(C)(C)c1ccc(S(=O)(=O)c2cnc(SCC(=O)Nc3ccc4c(c3)OCO4)[nH]c2=O)cc1. The maximum absolute atomic E-state index is 12.9. The molecule has 0 atom stereocenters. The zero-order valence-corrected chi connectivity index (χ0v) is 20.4. The van der Waals surface area contributed by atoms with E-state index in [2.05, 4.69) is 15.3 Å². The lowest BCUT2D eigenvalue weighted by atomic mass is 9.87. The van der Waals surface area contributed by atoms with Crippen molar-refractivity contribution in [2.24, 2.45) is 0 Å². The standard InChI is InChI=1S/C23H23N3O6S2/c1-23(2,3)14-4-7-16(8-5-14)34(29,30)19-11-24-22(26-21(19)28)33-12-20(27)25-15-6-9-17-18(10-15)32-13-31-17/h4-11H,12-13H2,1-3H3,(H,25,27)(H,24,26,28). The Morgan fingerprint density at radius 1 is 1.12 bits per heavy atom. The van der Waals surface area contributed by atoms with Crippen molar-refractivity contribution in [2.45, 2.75) is 41.1 Å². The largest absolute Gasteiger partial charge is 0.454 e. The number of nitrogens with zero attached hydrogens (tertiary/aromatic N) is 1. The van der Waals surface area contributed by atoms with Crippen LogP contribution in [0.3, 0.4) is 0 Å². The molecule has 34 heavy (non-hydrogen) atoms. The number of hydrogen-bond acceptors (Lipinski definition) is 8. The van der Waals surface area contributed by atoms with E-state index in [1.54, 1.807) is 30.3 Å². The van der Waals surface area contributed by atoms with Gasteiger partial charge in [-0.25, -0.2) is 13.4 Å². The first-order chi connectivity index (χ1) is 16.0.